The fraction of sp³-hybridized carbons (Fsp3) is 0.700. The van der Waals surface area contributed by atoms with E-state index in [-0.39, 0.29) is 23.6 Å². The Balaban J connectivity index is 1.26. The molecule has 0 saturated carbocycles. The zero-order valence-electron chi connectivity index (χ0n) is 16.5. The molecule has 4 rings (SSSR count). The summed E-state index contributed by atoms with van der Waals surface area (Å²) < 4.78 is 1.64. The Kier molecular flexibility index (Phi) is 5.37. The Bertz CT molecular complexity index is 747. The minimum Gasteiger partial charge on any atom is -0.342 e. The molecule has 3 aliphatic rings. The van der Waals surface area contributed by atoms with Gasteiger partial charge in [0.25, 0.3) is 5.91 Å². The van der Waals surface area contributed by atoms with Gasteiger partial charge in [0, 0.05) is 58.9 Å². The van der Waals surface area contributed by atoms with Crippen molar-refractivity contribution in [2.45, 2.75) is 32.1 Å². The second kappa shape index (κ2) is 7.93. The van der Waals surface area contributed by atoms with Crippen molar-refractivity contribution in [1.29, 1.82) is 0 Å². The molecule has 28 heavy (non-hydrogen) atoms. The van der Waals surface area contributed by atoms with E-state index in [1.54, 1.807) is 24.0 Å². The average Bonchev–Trinajstić information content (AvgIpc) is 3.44. The lowest BCUT2D eigenvalue weighted by atomic mass is 9.96. The molecule has 0 aromatic carbocycles. The summed E-state index contributed by atoms with van der Waals surface area (Å²) in [5.41, 5.74) is 0.485. The highest BCUT2D eigenvalue weighted by atomic mass is 16.2. The second-order valence-electron chi connectivity index (χ2n) is 8.34. The Labute approximate surface area is 165 Å². The number of hydrogen-bond donors (Lipinski definition) is 0. The van der Waals surface area contributed by atoms with Gasteiger partial charge in [-0.1, -0.05) is 0 Å². The van der Waals surface area contributed by atoms with E-state index >= 15 is 0 Å². The molecule has 1 atom stereocenters. The van der Waals surface area contributed by atoms with Crippen LogP contribution in [0.1, 0.15) is 42.6 Å². The van der Waals surface area contributed by atoms with E-state index in [9.17, 15) is 14.4 Å². The minimum atomic E-state index is -0.170. The van der Waals surface area contributed by atoms with Gasteiger partial charge < -0.3 is 14.7 Å². The normalized spacial score (nSPS) is 23.7. The third-order valence-electron chi connectivity index (χ3n) is 6.29. The van der Waals surface area contributed by atoms with Crippen LogP contribution >= 0.6 is 0 Å². The van der Waals surface area contributed by atoms with Crippen LogP contribution in [0.5, 0.6) is 0 Å². The molecular weight excluding hydrogens is 358 g/mol. The average molecular weight is 387 g/mol. The van der Waals surface area contributed by atoms with Crippen molar-refractivity contribution in [3.63, 3.8) is 0 Å². The summed E-state index contributed by atoms with van der Waals surface area (Å²) in [7, 11) is 1.80. The molecule has 1 aromatic heterocycles. The first kappa shape index (κ1) is 19.0. The van der Waals surface area contributed by atoms with Crippen LogP contribution in [0.4, 0.5) is 0 Å². The van der Waals surface area contributed by atoms with Crippen LogP contribution in [0.2, 0.25) is 0 Å². The molecule has 3 aliphatic heterocycles. The number of amides is 3. The molecule has 3 saturated heterocycles. The summed E-state index contributed by atoms with van der Waals surface area (Å²) in [5, 5.41) is 4.19. The summed E-state index contributed by atoms with van der Waals surface area (Å²) in [4.78, 5) is 43.1. The van der Waals surface area contributed by atoms with Crippen LogP contribution in [0.15, 0.2) is 12.3 Å². The molecule has 0 spiro atoms. The molecule has 152 valence electrons. The molecule has 4 heterocycles. The number of carbonyl (C=O) groups is 3. The Hall–Kier alpha value is -2.38. The topological polar surface area (TPSA) is 78.8 Å². The quantitative estimate of drug-likeness (QED) is 0.764. The lowest BCUT2D eigenvalue weighted by molar-refractivity contribution is -0.134. The largest absolute Gasteiger partial charge is 0.342 e. The maximum Gasteiger partial charge on any atom is 0.274 e. The summed E-state index contributed by atoms with van der Waals surface area (Å²) in [6.45, 7) is 4.32. The minimum absolute atomic E-state index is 0.0208. The highest BCUT2D eigenvalue weighted by molar-refractivity contribution is 5.92. The highest BCUT2D eigenvalue weighted by Crippen LogP contribution is 2.26. The van der Waals surface area contributed by atoms with E-state index in [1.807, 2.05) is 14.7 Å². The molecular formula is C20H29N5O3. The summed E-state index contributed by atoms with van der Waals surface area (Å²) in [5.74, 6) is 0.454. The number of aryl methyl sites for hydroxylation is 1. The van der Waals surface area contributed by atoms with E-state index in [4.69, 9.17) is 0 Å². The zero-order chi connectivity index (χ0) is 19.7. The monoisotopic (exact) mass is 387 g/mol. The van der Waals surface area contributed by atoms with Crippen molar-refractivity contribution < 1.29 is 14.4 Å². The molecule has 3 fully saturated rings. The molecule has 0 aliphatic carbocycles. The SMILES string of the molecule is Cn1ccc(C(=O)N2CCC(CN3CC(C(=O)N4CCCC4)CC3=O)CC2)n1. The molecule has 3 amide bonds. The predicted octanol–water partition coefficient (Wildman–Crippen LogP) is 0.743. The fourth-order valence-corrected chi connectivity index (χ4v) is 4.63. The number of carbonyl (C=O) groups excluding carboxylic acids is 3. The first-order valence-electron chi connectivity index (χ1n) is 10.4. The van der Waals surface area contributed by atoms with Crippen LogP contribution in [0.3, 0.4) is 0 Å². The predicted molar refractivity (Wildman–Crippen MR) is 102 cm³/mol. The first-order chi connectivity index (χ1) is 13.5. The Morgan fingerprint density at radius 3 is 2.46 bits per heavy atom. The number of likely N-dealkylation sites (tertiary alicyclic amines) is 3. The van der Waals surface area contributed by atoms with Gasteiger partial charge in [-0.2, -0.15) is 5.10 Å². The second-order valence-corrected chi connectivity index (χ2v) is 8.34. The van der Waals surface area contributed by atoms with E-state index < -0.39 is 0 Å². The van der Waals surface area contributed by atoms with E-state index in [1.165, 1.54) is 0 Å². The summed E-state index contributed by atoms with van der Waals surface area (Å²) >= 11 is 0. The fourth-order valence-electron chi connectivity index (χ4n) is 4.63. The number of rotatable bonds is 4. The van der Waals surface area contributed by atoms with Crippen molar-refractivity contribution >= 4 is 17.7 Å². The van der Waals surface area contributed by atoms with Crippen molar-refractivity contribution in [3.05, 3.63) is 18.0 Å². The van der Waals surface area contributed by atoms with Crippen molar-refractivity contribution in [1.82, 2.24) is 24.5 Å². The van der Waals surface area contributed by atoms with E-state index in [0.29, 0.717) is 44.2 Å². The van der Waals surface area contributed by atoms with Crippen LogP contribution in [0.25, 0.3) is 0 Å². The van der Waals surface area contributed by atoms with Gasteiger partial charge in [0.1, 0.15) is 5.69 Å². The smallest absolute Gasteiger partial charge is 0.274 e. The zero-order valence-corrected chi connectivity index (χ0v) is 16.5. The van der Waals surface area contributed by atoms with Crippen molar-refractivity contribution in [2.75, 3.05) is 39.3 Å². The first-order valence-corrected chi connectivity index (χ1v) is 10.4. The lowest BCUT2D eigenvalue weighted by Crippen LogP contribution is -2.42. The number of hydrogen-bond acceptors (Lipinski definition) is 4. The van der Waals surface area contributed by atoms with E-state index in [0.717, 1.165) is 38.8 Å². The standard InChI is InChI=1S/C20H29N5O3/c1-22-9-6-17(21-22)20(28)24-10-4-15(5-11-24)13-25-14-16(12-18(25)26)19(27)23-7-2-3-8-23/h6,9,15-16H,2-5,7-8,10-14H2,1H3. The molecule has 0 bridgehead atoms. The van der Waals surface area contributed by atoms with Gasteiger partial charge in [-0.25, -0.2) is 0 Å². The Morgan fingerprint density at radius 2 is 1.82 bits per heavy atom. The van der Waals surface area contributed by atoms with Crippen LogP contribution in [-0.2, 0) is 16.6 Å². The number of piperidine rings is 1. The molecule has 1 unspecified atom stereocenters. The molecule has 0 N–H and O–H groups in total. The van der Waals surface area contributed by atoms with Gasteiger partial charge in [0.05, 0.1) is 5.92 Å². The maximum atomic E-state index is 12.6. The van der Waals surface area contributed by atoms with Crippen LogP contribution < -0.4 is 0 Å². The third-order valence-corrected chi connectivity index (χ3v) is 6.29. The van der Waals surface area contributed by atoms with Gasteiger partial charge in [-0.3, -0.25) is 19.1 Å². The third kappa shape index (κ3) is 3.91. The summed E-state index contributed by atoms with van der Waals surface area (Å²) in [6.07, 6.45) is 6.04. The molecule has 8 nitrogen and oxygen atoms in total. The summed E-state index contributed by atoms with van der Waals surface area (Å²) in [6, 6.07) is 1.74. The van der Waals surface area contributed by atoms with Crippen molar-refractivity contribution in [3.8, 4) is 0 Å². The molecule has 1 aromatic rings. The Morgan fingerprint density at radius 1 is 1.11 bits per heavy atom. The molecule has 0 radical (unpaired) electrons. The van der Waals surface area contributed by atoms with Crippen molar-refractivity contribution in [2.24, 2.45) is 18.9 Å². The highest BCUT2D eigenvalue weighted by Gasteiger charge is 2.38. The van der Waals surface area contributed by atoms with Crippen LogP contribution in [0, 0.1) is 11.8 Å². The number of nitrogens with zero attached hydrogens (tertiary/aromatic N) is 5. The van der Waals surface area contributed by atoms with Gasteiger partial charge in [0.2, 0.25) is 11.8 Å². The van der Waals surface area contributed by atoms with Gasteiger partial charge in [-0.05, 0) is 37.7 Å². The van der Waals surface area contributed by atoms with E-state index in [2.05, 4.69) is 5.10 Å². The van der Waals surface area contributed by atoms with Crippen LogP contribution in [-0.4, -0.2) is 81.5 Å². The van der Waals surface area contributed by atoms with Gasteiger partial charge >= 0.3 is 0 Å². The maximum absolute atomic E-state index is 12.6. The lowest BCUT2D eigenvalue weighted by Gasteiger charge is -2.33. The van der Waals surface area contributed by atoms with Gasteiger partial charge in [0.15, 0.2) is 0 Å². The molecule has 8 heteroatoms. The van der Waals surface area contributed by atoms with Gasteiger partial charge in [-0.15, -0.1) is 0 Å². The number of aromatic nitrogens is 2.